The van der Waals surface area contributed by atoms with Crippen LogP contribution in [0.2, 0.25) is 0 Å². The minimum atomic E-state index is -1.01. The molecule has 0 atom stereocenters. The van der Waals surface area contributed by atoms with Crippen molar-refractivity contribution in [2.45, 2.75) is 12.1 Å². The number of carboxylic acids is 1. The number of hydrogen-bond acceptors (Lipinski definition) is 4. The fraction of sp³-hybridized carbons (Fsp3) is 0.182. The van der Waals surface area contributed by atoms with Crippen LogP contribution < -0.4 is 0 Å². The lowest BCUT2D eigenvalue weighted by Gasteiger charge is -2.08. The second-order valence-electron chi connectivity index (χ2n) is 3.68. The van der Waals surface area contributed by atoms with Gasteiger partial charge < -0.3 is 5.11 Å². The van der Waals surface area contributed by atoms with Gasteiger partial charge in [-0.3, -0.25) is 9.36 Å². The van der Waals surface area contributed by atoms with Crippen molar-refractivity contribution in [3.05, 3.63) is 35.7 Å². The van der Waals surface area contributed by atoms with Crippen molar-refractivity contribution in [3.63, 3.8) is 0 Å². The molecule has 1 N–H and O–H groups in total. The zero-order valence-corrected chi connectivity index (χ0v) is 10.6. The van der Waals surface area contributed by atoms with Crippen LogP contribution in [-0.4, -0.2) is 31.6 Å². The molecule has 0 saturated heterocycles. The fourth-order valence-electron chi connectivity index (χ4n) is 1.53. The largest absolute Gasteiger partial charge is 0.481 e. The first-order valence-corrected chi connectivity index (χ1v) is 6.19. The maximum atomic E-state index is 13.2. The van der Waals surface area contributed by atoms with Gasteiger partial charge in [-0.05, 0) is 19.1 Å². The van der Waals surface area contributed by atoms with Gasteiger partial charge in [0.15, 0.2) is 5.16 Å². The minimum Gasteiger partial charge on any atom is -0.481 e. The van der Waals surface area contributed by atoms with E-state index in [9.17, 15) is 13.6 Å². The lowest BCUT2D eigenvalue weighted by molar-refractivity contribution is -0.133. The zero-order chi connectivity index (χ0) is 14.0. The van der Waals surface area contributed by atoms with Gasteiger partial charge in [-0.1, -0.05) is 11.8 Å². The lowest BCUT2D eigenvalue weighted by atomic mass is 10.3. The first kappa shape index (κ1) is 13.5. The normalized spacial score (nSPS) is 10.7. The second-order valence-corrected chi connectivity index (χ2v) is 4.62. The molecular formula is C11H9F2N3O2S. The highest BCUT2D eigenvalue weighted by Gasteiger charge is 2.14. The number of carboxylic acid groups (broad SMARTS) is 1. The van der Waals surface area contributed by atoms with Crippen molar-refractivity contribution in [1.82, 2.24) is 14.8 Å². The summed E-state index contributed by atoms with van der Waals surface area (Å²) in [5.41, 5.74) is 0.216. The number of benzene rings is 1. The highest BCUT2D eigenvalue weighted by molar-refractivity contribution is 7.99. The molecule has 1 aromatic carbocycles. The van der Waals surface area contributed by atoms with Crippen LogP contribution in [0.1, 0.15) is 5.82 Å². The minimum absolute atomic E-state index is 0.212. The molecule has 0 spiro atoms. The maximum absolute atomic E-state index is 13.2. The van der Waals surface area contributed by atoms with Crippen LogP contribution in [-0.2, 0) is 4.79 Å². The molecule has 0 radical (unpaired) electrons. The molecule has 0 bridgehead atoms. The Hall–Kier alpha value is -1.96. The molecule has 19 heavy (non-hydrogen) atoms. The van der Waals surface area contributed by atoms with E-state index in [-0.39, 0.29) is 16.6 Å². The SMILES string of the molecule is Cc1nnc(SCC(=O)O)n1-c1cc(F)cc(F)c1. The zero-order valence-electron chi connectivity index (χ0n) is 9.80. The van der Waals surface area contributed by atoms with E-state index in [0.717, 1.165) is 30.0 Å². The molecule has 1 aromatic heterocycles. The third-order valence-corrected chi connectivity index (χ3v) is 3.14. The van der Waals surface area contributed by atoms with Crippen molar-refractivity contribution >= 4 is 17.7 Å². The molecule has 0 aliphatic carbocycles. The highest BCUT2D eigenvalue weighted by Crippen LogP contribution is 2.22. The number of hydrogen-bond donors (Lipinski definition) is 1. The Kier molecular flexibility index (Phi) is 3.79. The Morgan fingerprint density at radius 1 is 1.32 bits per heavy atom. The van der Waals surface area contributed by atoms with Gasteiger partial charge in [-0.25, -0.2) is 8.78 Å². The molecule has 100 valence electrons. The third kappa shape index (κ3) is 3.08. The van der Waals surface area contributed by atoms with Gasteiger partial charge in [-0.2, -0.15) is 0 Å². The Labute approximate surface area is 111 Å². The van der Waals surface area contributed by atoms with Crippen molar-refractivity contribution in [1.29, 1.82) is 0 Å². The molecule has 0 aliphatic heterocycles. The third-order valence-electron chi connectivity index (χ3n) is 2.23. The number of halogens is 2. The monoisotopic (exact) mass is 285 g/mol. The number of aromatic nitrogens is 3. The van der Waals surface area contributed by atoms with E-state index < -0.39 is 17.6 Å². The molecule has 0 aliphatic rings. The van der Waals surface area contributed by atoms with Gasteiger partial charge in [0, 0.05) is 6.07 Å². The summed E-state index contributed by atoms with van der Waals surface area (Å²) in [5.74, 6) is -2.26. The number of nitrogens with zero attached hydrogens (tertiary/aromatic N) is 3. The van der Waals surface area contributed by atoms with Crippen molar-refractivity contribution in [2.75, 3.05) is 5.75 Å². The van der Waals surface area contributed by atoms with Crippen LogP contribution in [0.3, 0.4) is 0 Å². The van der Waals surface area contributed by atoms with Crippen LogP contribution in [0.5, 0.6) is 0 Å². The number of thioether (sulfide) groups is 1. The molecule has 2 rings (SSSR count). The van der Waals surface area contributed by atoms with Gasteiger partial charge in [0.25, 0.3) is 0 Å². The van der Waals surface area contributed by atoms with E-state index in [2.05, 4.69) is 10.2 Å². The Morgan fingerprint density at radius 2 is 1.95 bits per heavy atom. The van der Waals surface area contributed by atoms with Gasteiger partial charge >= 0.3 is 5.97 Å². The van der Waals surface area contributed by atoms with Gasteiger partial charge in [-0.15, -0.1) is 10.2 Å². The van der Waals surface area contributed by atoms with Gasteiger partial charge in [0.1, 0.15) is 17.5 Å². The predicted octanol–water partition coefficient (Wildman–Crippen LogP) is 2.03. The molecule has 8 heteroatoms. The summed E-state index contributed by atoms with van der Waals surface area (Å²) >= 11 is 0.927. The smallest absolute Gasteiger partial charge is 0.313 e. The summed E-state index contributed by atoms with van der Waals surface area (Å²) in [6.07, 6.45) is 0. The van der Waals surface area contributed by atoms with Crippen LogP contribution in [0.25, 0.3) is 5.69 Å². The van der Waals surface area contributed by atoms with E-state index in [1.165, 1.54) is 4.57 Å². The fourth-order valence-corrected chi connectivity index (χ4v) is 2.25. The summed E-state index contributed by atoms with van der Waals surface area (Å²) in [4.78, 5) is 10.5. The summed E-state index contributed by atoms with van der Waals surface area (Å²) in [6.45, 7) is 1.61. The number of rotatable bonds is 4. The quantitative estimate of drug-likeness (QED) is 0.871. The predicted molar refractivity (Wildman–Crippen MR) is 64.4 cm³/mol. The maximum Gasteiger partial charge on any atom is 0.313 e. The van der Waals surface area contributed by atoms with Crippen molar-refractivity contribution < 1.29 is 18.7 Å². The molecule has 5 nitrogen and oxygen atoms in total. The first-order chi connectivity index (χ1) is 8.97. The highest BCUT2D eigenvalue weighted by atomic mass is 32.2. The molecule has 0 unspecified atom stereocenters. The summed E-state index contributed by atoms with van der Waals surface area (Å²) in [5, 5.41) is 16.5. The van der Waals surface area contributed by atoms with Gasteiger partial charge in [0.2, 0.25) is 0 Å². The average Bonchev–Trinajstić information content (AvgIpc) is 2.66. The second kappa shape index (κ2) is 5.35. The van der Waals surface area contributed by atoms with E-state index >= 15 is 0 Å². The average molecular weight is 285 g/mol. The Balaban J connectivity index is 2.43. The van der Waals surface area contributed by atoms with Crippen LogP contribution in [0, 0.1) is 18.6 Å². The Bertz CT molecular complexity index is 610. The lowest BCUT2D eigenvalue weighted by Crippen LogP contribution is -2.03. The van der Waals surface area contributed by atoms with E-state index in [1.807, 2.05) is 0 Å². The summed E-state index contributed by atoms with van der Waals surface area (Å²) < 4.78 is 27.8. The molecule has 0 amide bonds. The van der Waals surface area contributed by atoms with E-state index in [4.69, 9.17) is 5.11 Å². The Morgan fingerprint density at radius 3 is 2.53 bits per heavy atom. The number of carbonyl (C=O) groups is 1. The van der Waals surface area contributed by atoms with Crippen molar-refractivity contribution in [2.24, 2.45) is 0 Å². The molecule has 2 aromatic rings. The molecule has 0 fully saturated rings. The molecular weight excluding hydrogens is 276 g/mol. The molecule has 1 heterocycles. The number of aryl methyl sites for hydroxylation is 1. The van der Waals surface area contributed by atoms with Crippen LogP contribution in [0.4, 0.5) is 8.78 Å². The summed E-state index contributed by atoms with van der Waals surface area (Å²) in [7, 11) is 0. The number of aliphatic carboxylic acids is 1. The van der Waals surface area contributed by atoms with Crippen LogP contribution >= 0.6 is 11.8 Å². The first-order valence-electron chi connectivity index (χ1n) is 5.20. The summed E-state index contributed by atoms with van der Waals surface area (Å²) in [6, 6.07) is 3.02. The van der Waals surface area contributed by atoms with Gasteiger partial charge in [0.05, 0.1) is 11.4 Å². The van der Waals surface area contributed by atoms with Crippen molar-refractivity contribution in [3.8, 4) is 5.69 Å². The van der Waals surface area contributed by atoms with E-state index in [0.29, 0.717) is 5.82 Å². The molecule has 0 saturated carbocycles. The topological polar surface area (TPSA) is 68.0 Å². The standard InChI is InChI=1S/C11H9F2N3O2S/c1-6-14-15-11(19-5-10(17)18)16(6)9-3-7(12)2-8(13)4-9/h2-4H,5H2,1H3,(H,17,18). The van der Waals surface area contributed by atoms with E-state index in [1.54, 1.807) is 6.92 Å². The van der Waals surface area contributed by atoms with Crippen LogP contribution in [0.15, 0.2) is 23.4 Å².